The van der Waals surface area contributed by atoms with Crippen LogP contribution in [0.1, 0.15) is 5.56 Å². The molecule has 5 heteroatoms. The van der Waals surface area contributed by atoms with Crippen LogP contribution in [0.3, 0.4) is 0 Å². The highest BCUT2D eigenvalue weighted by Gasteiger charge is 2.10. The number of benzene rings is 2. The molecule has 0 saturated heterocycles. The Labute approximate surface area is 141 Å². The molecular weight excluding hydrogens is 302 g/mol. The summed E-state index contributed by atoms with van der Waals surface area (Å²) in [6, 6.07) is 20.0. The second-order valence-electron chi connectivity index (χ2n) is 5.43. The van der Waals surface area contributed by atoms with Gasteiger partial charge in [-0.1, -0.05) is 42.5 Å². The Hall–Kier alpha value is -2.79. The van der Waals surface area contributed by atoms with Gasteiger partial charge in [0, 0.05) is 18.2 Å². The van der Waals surface area contributed by atoms with E-state index in [0.717, 1.165) is 22.8 Å². The number of aromatic nitrogens is 2. The minimum Gasteiger partial charge on any atom is -0.497 e. The highest BCUT2D eigenvalue weighted by molar-refractivity contribution is 5.64. The zero-order chi connectivity index (χ0) is 16.8. The molecule has 0 aliphatic rings. The highest BCUT2D eigenvalue weighted by Crippen LogP contribution is 2.25. The van der Waals surface area contributed by atoms with Gasteiger partial charge in [0.25, 0.3) is 0 Å². The number of hydrogen-bond donors (Lipinski definition) is 2. The first-order valence-electron chi connectivity index (χ1n) is 7.91. The molecule has 0 fully saturated rings. The number of anilines is 1. The second kappa shape index (κ2) is 7.66. The molecule has 0 saturated carbocycles. The normalized spacial score (nSPS) is 10.6. The molecule has 3 aromatic rings. The van der Waals surface area contributed by atoms with Crippen LogP contribution in [0.4, 0.5) is 5.82 Å². The topological polar surface area (TPSA) is 59.3 Å². The fourth-order valence-electron chi connectivity index (χ4n) is 2.54. The maximum atomic E-state index is 9.28. The summed E-state index contributed by atoms with van der Waals surface area (Å²) in [4.78, 5) is 0. The fourth-order valence-corrected chi connectivity index (χ4v) is 2.54. The van der Waals surface area contributed by atoms with Crippen molar-refractivity contribution in [3.05, 3.63) is 66.2 Å². The molecule has 0 aliphatic heterocycles. The number of aliphatic hydroxyl groups excluding tert-OH is 1. The summed E-state index contributed by atoms with van der Waals surface area (Å²) < 4.78 is 7.07. The van der Waals surface area contributed by atoms with E-state index in [1.807, 2.05) is 48.5 Å². The van der Waals surface area contributed by atoms with Crippen LogP contribution in [-0.4, -0.2) is 28.6 Å². The lowest BCUT2D eigenvalue weighted by Gasteiger charge is -2.08. The van der Waals surface area contributed by atoms with Crippen LogP contribution < -0.4 is 10.1 Å². The molecule has 124 valence electrons. The molecule has 5 nitrogen and oxygen atoms in total. The third kappa shape index (κ3) is 3.75. The van der Waals surface area contributed by atoms with Gasteiger partial charge in [0.15, 0.2) is 0 Å². The van der Waals surface area contributed by atoms with Gasteiger partial charge < -0.3 is 15.2 Å². The largest absolute Gasteiger partial charge is 0.497 e. The first kappa shape index (κ1) is 16.1. The minimum absolute atomic E-state index is 0.0409. The molecule has 1 heterocycles. The van der Waals surface area contributed by atoms with E-state index in [4.69, 9.17) is 4.74 Å². The molecule has 3 rings (SSSR count). The summed E-state index contributed by atoms with van der Waals surface area (Å²) in [5.74, 6) is 1.67. The van der Waals surface area contributed by atoms with Crippen molar-refractivity contribution in [2.75, 3.05) is 19.0 Å². The van der Waals surface area contributed by atoms with Gasteiger partial charge in [-0.2, -0.15) is 5.10 Å². The first-order valence-corrected chi connectivity index (χ1v) is 7.91. The average molecular weight is 323 g/mol. The Morgan fingerprint density at radius 1 is 1.08 bits per heavy atom. The number of hydrogen-bond acceptors (Lipinski definition) is 4. The Morgan fingerprint density at radius 3 is 2.67 bits per heavy atom. The van der Waals surface area contributed by atoms with Crippen molar-refractivity contribution >= 4 is 5.82 Å². The quantitative estimate of drug-likeness (QED) is 0.701. The van der Waals surface area contributed by atoms with Crippen molar-refractivity contribution in [3.8, 4) is 17.0 Å². The summed E-state index contributed by atoms with van der Waals surface area (Å²) in [7, 11) is 1.65. The SMILES string of the molecule is COc1cccc(-c2cc(NCc3ccccc3)n(CCO)n2)c1. The molecule has 0 atom stereocenters. The van der Waals surface area contributed by atoms with Gasteiger partial charge in [0.1, 0.15) is 11.6 Å². The average Bonchev–Trinajstić information content (AvgIpc) is 3.04. The summed E-state index contributed by atoms with van der Waals surface area (Å²) in [6.07, 6.45) is 0. The van der Waals surface area contributed by atoms with E-state index < -0.39 is 0 Å². The molecule has 0 bridgehead atoms. The molecule has 24 heavy (non-hydrogen) atoms. The molecule has 0 unspecified atom stereocenters. The molecule has 2 N–H and O–H groups in total. The van der Waals surface area contributed by atoms with Crippen LogP contribution >= 0.6 is 0 Å². The van der Waals surface area contributed by atoms with Crippen LogP contribution in [0.2, 0.25) is 0 Å². The van der Waals surface area contributed by atoms with Crippen LogP contribution in [0.5, 0.6) is 5.75 Å². The molecule has 0 spiro atoms. The van der Waals surface area contributed by atoms with E-state index >= 15 is 0 Å². The summed E-state index contributed by atoms with van der Waals surface area (Å²) in [5.41, 5.74) is 3.02. The highest BCUT2D eigenvalue weighted by atomic mass is 16.5. The zero-order valence-electron chi connectivity index (χ0n) is 13.6. The Bertz CT molecular complexity index is 784. The Kier molecular flexibility index (Phi) is 5.13. The van der Waals surface area contributed by atoms with Gasteiger partial charge in [-0.25, -0.2) is 4.68 Å². The Morgan fingerprint density at radius 2 is 1.92 bits per heavy atom. The zero-order valence-corrected chi connectivity index (χ0v) is 13.6. The van der Waals surface area contributed by atoms with Gasteiger partial charge in [0.05, 0.1) is 26.0 Å². The van der Waals surface area contributed by atoms with Crippen LogP contribution in [-0.2, 0) is 13.1 Å². The van der Waals surface area contributed by atoms with Crippen LogP contribution in [0, 0.1) is 0 Å². The van der Waals surface area contributed by atoms with Crippen LogP contribution in [0.15, 0.2) is 60.7 Å². The predicted octanol–water partition coefficient (Wildman–Crippen LogP) is 3.16. The summed E-state index contributed by atoms with van der Waals surface area (Å²) in [5, 5.41) is 17.3. The molecule has 1 aromatic heterocycles. The van der Waals surface area contributed by atoms with E-state index in [1.165, 1.54) is 5.56 Å². The second-order valence-corrected chi connectivity index (χ2v) is 5.43. The molecular formula is C19H21N3O2. The van der Waals surface area contributed by atoms with Crippen molar-refractivity contribution in [2.24, 2.45) is 0 Å². The maximum absolute atomic E-state index is 9.28. The van der Waals surface area contributed by atoms with Crippen molar-refractivity contribution in [2.45, 2.75) is 13.1 Å². The van der Waals surface area contributed by atoms with E-state index in [2.05, 4.69) is 22.5 Å². The van der Waals surface area contributed by atoms with Gasteiger partial charge >= 0.3 is 0 Å². The van der Waals surface area contributed by atoms with Crippen molar-refractivity contribution in [1.82, 2.24) is 9.78 Å². The van der Waals surface area contributed by atoms with E-state index in [1.54, 1.807) is 11.8 Å². The van der Waals surface area contributed by atoms with Gasteiger partial charge in [-0.3, -0.25) is 0 Å². The number of methoxy groups -OCH3 is 1. The lowest BCUT2D eigenvalue weighted by atomic mass is 10.1. The fraction of sp³-hybridized carbons (Fsp3) is 0.211. The third-order valence-corrected chi connectivity index (χ3v) is 3.77. The lowest BCUT2D eigenvalue weighted by Crippen LogP contribution is -2.10. The Balaban J connectivity index is 1.84. The summed E-state index contributed by atoms with van der Waals surface area (Å²) >= 11 is 0. The number of nitrogens with one attached hydrogen (secondary N) is 1. The van der Waals surface area contributed by atoms with Crippen molar-refractivity contribution in [1.29, 1.82) is 0 Å². The van der Waals surface area contributed by atoms with E-state index in [9.17, 15) is 5.11 Å². The number of rotatable bonds is 7. The third-order valence-electron chi connectivity index (χ3n) is 3.77. The molecule has 0 radical (unpaired) electrons. The lowest BCUT2D eigenvalue weighted by molar-refractivity contribution is 0.270. The molecule has 0 aliphatic carbocycles. The first-order chi connectivity index (χ1) is 11.8. The predicted molar refractivity (Wildman–Crippen MR) is 95.1 cm³/mol. The monoisotopic (exact) mass is 323 g/mol. The summed E-state index contributed by atoms with van der Waals surface area (Å²) in [6.45, 7) is 1.19. The number of nitrogens with zero attached hydrogens (tertiary/aromatic N) is 2. The van der Waals surface area contributed by atoms with Gasteiger partial charge in [0.2, 0.25) is 0 Å². The van der Waals surface area contributed by atoms with Gasteiger partial charge in [-0.15, -0.1) is 0 Å². The standard InChI is InChI=1S/C19H21N3O2/c1-24-17-9-5-8-16(12-17)18-13-19(22(21-18)10-11-23)20-14-15-6-3-2-4-7-15/h2-9,12-13,20,23H,10-11,14H2,1H3. The molecule has 0 amide bonds. The van der Waals surface area contributed by atoms with Crippen molar-refractivity contribution in [3.63, 3.8) is 0 Å². The van der Waals surface area contributed by atoms with E-state index in [-0.39, 0.29) is 6.61 Å². The minimum atomic E-state index is 0.0409. The van der Waals surface area contributed by atoms with E-state index in [0.29, 0.717) is 13.1 Å². The van der Waals surface area contributed by atoms with Crippen molar-refractivity contribution < 1.29 is 9.84 Å². The molecule has 2 aromatic carbocycles. The smallest absolute Gasteiger partial charge is 0.125 e. The number of ether oxygens (including phenoxy) is 1. The van der Waals surface area contributed by atoms with Crippen LogP contribution in [0.25, 0.3) is 11.3 Å². The number of aliphatic hydroxyl groups is 1. The maximum Gasteiger partial charge on any atom is 0.125 e. The van der Waals surface area contributed by atoms with Gasteiger partial charge in [-0.05, 0) is 17.7 Å².